The highest BCUT2D eigenvalue weighted by Gasteiger charge is 2.17. The fourth-order valence-corrected chi connectivity index (χ4v) is 6.25. The second-order valence-electron chi connectivity index (χ2n) is 12.4. The van der Waals surface area contributed by atoms with Gasteiger partial charge in [-0.2, -0.15) is 5.10 Å². The second-order valence-corrected chi connectivity index (χ2v) is 12.4. The van der Waals surface area contributed by atoms with Crippen molar-refractivity contribution >= 4 is 33.3 Å². The topological polar surface area (TPSA) is 97.5 Å². The fraction of sp³-hybridized carbons (Fsp3) is 0.324. The molecule has 0 aliphatic heterocycles. The van der Waals surface area contributed by atoms with Crippen LogP contribution in [0.25, 0.3) is 50.2 Å². The number of likely N-dealkylation sites (N-methyl/N-ethyl adjacent to an activating group) is 1. The van der Waals surface area contributed by atoms with Gasteiger partial charge in [0, 0.05) is 36.9 Å². The minimum atomic E-state index is -0.293. The Hall–Kier alpha value is -4.60. The molecule has 4 heterocycles. The van der Waals surface area contributed by atoms with Crippen LogP contribution in [0, 0.1) is 11.7 Å². The Labute approximate surface area is 269 Å². The molecule has 1 aliphatic rings. The number of hydrogen-bond donors (Lipinski definition) is 4. The summed E-state index contributed by atoms with van der Waals surface area (Å²) in [6.07, 6.45) is 13.2. The van der Waals surface area contributed by atoms with Gasteiger partial charge in [-0.1, -0.05) is 31.6 Å². The van der Waals surface area contributed by atoms with E-state index in [9.17, 15) is 4.39 Å². The number of pyridine rings is 2. The summed E-state index contributed by atoms with van der Waals surface area (Å²) in [6, 6.07) is 13.0. The number of nitrogens with zero attached hydrogens (tertiary/aromatic N) is 4. The third-order valence-electron chi connectivity index (χ3n) is 8.74. The van der Waals surface area contributed by atoms with Crippen LogP contribution in [0.4, 0.5) is 10.1 Å². The summed E-state index contributed by atoms with van der Waals surface area (Å²) in [6.45, 7) is 9.48. The van der Waals surface area contributed by atoms with Crippen molar-refractivity contribution in [2.75, 3.05) is 45.6 Å². The highest BCUT2D eigenvalue weighted by atomic mass is 19.1. The molecule has 0 unspecified atom stereocenters. The van der Waals surface area contributed by atoms with E-state index < -0.39 is 0 Å². The zero-order valence-corrected chi connectivity index (χ0v) is 27.0. The molecule has 1 aromatic carbocycles. The molecule has 9 heteroatoms. The number of H-pyrrole nitrogens is 2. The first-order valence-electron chi connectivity index (χ1n) is 16.1. The van der Waals surface area contributed by atoms with E-state index in [1.807, 2.05) is 57.4 Å². The van der Waals surface area contributed by atoms with Crippen LogP contribution in [0.3, 0.4) is 0 Å². The zero-order chi connectivity index (χ0) is 32.0. The van der Waals surface area contributed by atoms with Crippen LogP contribution in [-0.4, -0.2) is 70.3 Å². The zero-order valence-electron chi connectivity index (χ0n) is 27.0. The van der Waals surface area contributed by atoms with Gasteiger partial charge >= 0.3 is 0 Å². The lowest BCUT2D eigenvalue weighted by atomic mass is 10.0. The van der Waals surface area contributed by atoms with Crippen molar-refractivity contribution in [3.05, 3.63) is 90.6 Å². The Kier molecular flexibility index (Phi) is 9.71. The Morgan fingerprint density at radius 1 is 1.13 bits per heavy atom. The lowest BCUT2D eigenvalue weighted by Gasteiger charge is -2.13. The quantitative estimate of drug-likeness (QED) is 0.102. The van der Waals surface area contributed by atoms with Crippen molar-refractivity contribution in [2.24, 2.45) is 5.92 Å². The Bertz CT molecular complexity index is 1890. The van der Waals surface area contributed by atoms with E-state index in [2.05, 4.69) is 54.4 Å². The van der Waals surface area contributed by atoms with Gasteiger partial charge in [0.2, 0.25) is 0 Å². The van der Waals surface area contributed by atoms with Gasteiger partial charge in [-0.3, -0.25) is 5.10 Å². The molecule has 5 aromatic rings. The van der Waals surface area contributed by atoms with E-state index in [1.165, 1.54) is 31.7 Å². The Balaban J connectivity index is 1.28. The summed E-state index contributed by atoms with van der Waals surface area (Å²) in [7, 11) is 4.03. The normalized spacial score (nSPS) is 14.6. The molecule has 0 bridgehead atoms. The van der Waals surface area contributed by atoms with Gasteiger partial charge < -0.3 is 20.5 Å². The van der Waals surface area contributed by atoms with Crippen LogP contribution in [0.5, 0.6) is 0 Å². The lowest BCUT2D eigenvalue weighted by Crippen LogP contribution is -2.23. The molecule has 8 nitrogen and oxygen atoms in total. The van der Waals surface area contributed by atoms with Crippen molar-refractivity contribution in [3.8, 4) is 22.5 Å². The summed E-state index contributed by atoms with van der Waals surface area (Å²) in [5, 5.41) is 15.6. The molecule has 0 saturated heterocycles. The SMILES string of the molecule is C=C/C(=C\C(=C/C)c1ccc2[nH]nc(-c3cc4c(-c5cc(F)cc(NCCN(C)C)c5)ccnc4[nH]3)c2n1)CNCC1CCCC1. The smallest absolute Gasteiger partial charge is 0.138 e. The number of halogens is 1. The van der Waals surface area contributed by atoms with Crippen molar-refractivity contribution in [1.29, 1.82) is 0 Å². The van der Waals surface area contributed by atoms with E-state index in [0.717, 1.165) is 81.3 Å². The van der Waals surface area contributed by atoms with Crippen LogP contribution in [0.15, 0.2) is 79.0 Å². The van der Waals surface area contributed by atoms with Crippen LogP contribution in [0.2, 0.25) is 0 Å². The predicted octanol–water partition coefficient (Wildman–Crippen LogP) is 7.58. The maximum Gasteiger partial charge on any atom is 0.138 e. The average Bonchev–Trinajstić information content (AvgIpc) is 3.81. The Morgan fingerprint density at radius 2 is 1.98 bits per heavy atom. The number of fused-ring (bicyclic) bond motifs is 2. The fourth-order valence-electron chi connectivity index (χ4n) is 6.25. The second kappa shape index (κ2) is 14.2. The highest BCUT2D eigenvalue weighted by Crippen LogP contribution is 2.34. The predicted molar refractivity (Wildman–Crippen MR) is 188 cm³/mol. The molecule has 1 fully saturated rings. The third-order valence-corrected chi connectivity index (χ3v) is 8.74. The lowest BCUT2D eigenvalue weighted by molar-refractivity contribution is 0.425. The molecule has 0 atom stereocenters. The van der Waals surface area contributed by atoms with Gasteiger partial charge in [0.1, 0.15) is 22.7 Å². The first kappa shape index (κ1) is 31.4. The number of hydrogen-bond acceptors (Lipinski definition) is 6. The van der Waals surface area contributed by atoms with E-state index in [4.69, 9.17) is 4.98 Å². The summed E-state index contributed by atoms with van der Waals surface area (Å²) < 4.78 is 14.7. The molecule has 4 N–H and O–H groups in total. The molecule has 4 aromatic heterocycles. The number of anilines is 1. The van der Waals surface area contributed by atoms with Gasteiger partial charge in [-0.25, -0.2) is 14.4 Å². The Morgan fingerprint density at radius 3 is 2.76 bits per heavy atom. The van der Waals surface area contributed by atoms with E-state index in [-0.39, 0.29) is 5.82 Å². The van der Waals surface area contributed by atoms with Crippen LogP contribution >= 0.6 is 0 Å². The number of benzene rings is 1. The molecule has 1 saturated carbocycles. The molecular weight excluding hydrogens is 575 g/mol. The van der Waals surface area contributed by atoms with Crippen LogP contribution < -0.4 is 10.6 Å². The molecule has 6 rings (SSSR count). The summed E-state index contributed by atoms with van der Waals surface area (Å²) in [5.41, 5.74) is 9.19. The van der Waals surface area contributed by atoms with Gasteiger partial charge in [-0.05, 0) is 117 Å². The molecule has 0 spiro atoms. The maximum absolute atomic E-state index is 14.7. The molecule has 1 aliphatic carbocycles. The van der Waals surface area contributed by atoms with E-state index >= 15 is 0 Å². The minimum absolute atomic E-state index is 0.293. The third kappa shape index (κ3) is 7.11. The van der Waals surface area contributed by atoms with Gasteiger partial charge in [0.15, 0.2) is 0 Å². The summed E-state index contributed by atoms with van der Waals surface area (Å²) in [5.74, 6) is 0.492. The number of allylic oxidation sites excluding steroid dienone is 3. The summed E-state index contributed by atoms with van der Waals surface area (Å²) >= 11 is 0. The number of nitrogens with one attached hydrogen (secondary N) is 4. The molecule has 0 radical (unpaired) electrons. The van der Waals surface area contributed by atoms with Crippen molar-refractivity contribution in [2.45, 2.75) is 32.6 Å². The van der Waals surface area contributed by atoms with Crippen molar-refractivity contribution in [3.63, 3.8) is 0 Å². The number of aromatic nitrogens is 5. The summed E-state index contributed by atoms with van der Waals surface area (Å²) in [4.78, 5) is 15.2. The van der Waals surface area contributed by atoms with Gasteiger partial charge in [0.05, 0.1) is 16.9 Å². The molecular formula is C37H43FN8. The number of aromatic amines is 2. The van der Waals surface area contributed by atoms with Crippen molar-refractivity contribution < 1.29 is 4.39 Å². The largest absolute Gasteiger partial charge is 0.384 e. The van der Waals surface area contributed by atoms with Gasteiger partial charge in [0.25, 0.3) is 0 Å². The first-order chi connectivity index (χ1) is 22.4. The molecule has 46 heavy (non-hydrogen) atoms. The molecule has 238 valence electrons. The van der Waals surface area contributed by atoms with E-state index in [0.29, 0.717) is 17.9 Å². The van der Waals surface area contributed by atoms with Crippen molar-refractivity contribution in [1.82, 2.24) is 35.4 Å². The standard InChI is InChI=1S/C37H43FN8/c1-5-24(22-39-23-25-9-7-8-10-25)17-26(6-2)32-11-12-33-35(42-32)36(45-44-33)34-21-31-30(13-14-41-37(31)43-34)27-18-28(38)20-29(19-27)40-15-16-46(3)4/h5-6,11-14,17-21,25,39-40H,1,7-10,15-16,22-23H2,2-4H3,(H,41,43)(H,44,45)/b24-17+,26-6+. The van der Waals surface area contributed by atoms with Gasteiger partial charge in [-0.15, -0.1) is 0 Å². The first-order valence-corrected chi connectivity index (χ1v) is 16.1. The average molecular weight is 619 g/mol. The van der Waals surface area contributed by atoms with E-state index in [1.54, 1.807) is 12.3 Å². The maximum atomic E-state index is 14.7. The van der Waals surface area contributed by atoms with Crippen LogP contribution in [0.1, 0.15) is 38.3 Å². The minimum Gasteiger partial charge on any atom is -0.384 e. The molecule has 0 amide bonds. The monoisotopic (exact) mass is 618 g/mol. The van der Waals surface area contributed by atoms with Crippen LogP contribution in [-0.2, 0) is 0 Å². The number of rotatable bonds is 13. The highest BCUT2D eigenvalue weighted by molar-refractivity contribution is 5.99.